The number of primary amides is 1. The number of amides is 2. The minimum Gasteiger partial charge on any atom is -0.484 e. The fourth-order valence-electron chi connectivity index (χ4n) is 3.82. The van der Waals surface area contributed by atoms with Crippen LogP contribution in [0.25, 0.3) is 0 Å². The quantitative estimate of drug-likeness (QED) is 0.519. The van der Waals surface area contributed by atoms with Gasteiger partial charge in [0.25, 0.3) is 5.91 Å². The molecule has 1 aromatic carbocycles. The Morgan fingerprint density at radius 2 is 2.15 bits per heavy atom. The van der Waals surface area contributed by atoms with Crippen molar-refractivity contribution in [2.45, 2.75) is 31.8 Å². The molecule has 3 heterocycles. The summed E-state index contributed by atoms with van der Waals surface area (Å²) >= 11 is 0. The Morgan fingerprint density at radius 1 is 1.39 bits per heavy atom. The van der Waals surface area contributed by atoms with Crippen LogP contribution in [0.3, 0.4) is 0 Å². The second-order valence-corrected chi connectivity index (χ2v) is 9.02. The number of allylic oxidation sites excluding steroid dienone is 1. The van der Waals surface area contributed by atoms with Crippen molar-refractivity contribution >= 4 is 29.4 Å². The molecule has 4 aliphatic rings. The number of rotatable bonds is 5. The van der Waals surface area contributed by atoms with Gasteiger partial charge >= 0.3 is 0 Å². The van der Waals surface area contributed by atoms with Crippen molar-refractivity contribution in [1.29, 1.82) is 0 Å². The molecule has 0 radical (unpaired) electrons. The smallest absolute Gasteiger partial charge is 0.256 e. The summed E-state index contributed by atoms with van der Waals surface area (Å²) in [5, 5.41) is 14.4. The van der Waals surface area contributed by atoms with Crippen molar-refractivity contribution in [2.75, 3.05) is 37.5 Å². The van der Waals surface area contributed by atoms with Gasteiger partial charge in [-0.15, -0.1) is 0 Å². The van der Waals surface area contributed by atoms with E-state index in [0.717, 1.165) is 29.8 Å². The van der Waals surface area contributed by atoms with Crippen LogP contribution in [0.4, 0.5) is 11.4 Å². The van der Waals surface area contributed by atoms with Crippen molar-refractivity contribution in [2.24, 2.45) is 16.6 Å². The number of hydrogen-bond donors (Lipinski definition) is 4. The number of anilines is 2. The first kappa shape index (κ1) is 22.8. The summed E-state index contributed by atoms with van der Waals surface area (Å²) in [5.74, 6) is 1.27. The Hall–Kier alpha value is -3.37. The van der Waals surface area contributed by atoms with E-state index in [2.05, 4.69) is 15.7 Å². The summed E-state index contributed by atoms with van der Waals surface area (Å²) in [6.07, 6.45) is 7.94. The molecule has 5 rings (SSSR count). The van der Waals surface area contributed by atoms with Crippen molar-refractivity contribution < 1.29 is 19.4 Å². The molecule has 0 spiro atoms. The van der Waals surface area contributed by atoms with Gasteiger partial charge in [-0.05, 0) is 31.9 Å². The lowest BCUT2D eigenvalue weighted by molar-refractivity contribution is -0.119. The number of nitrogens with zero attached hydrogens (tertiary/aromatic N) is 3. The SMILES string of the molecule is CN(C)c1cc2c(cc1NC(=O)C1=C3N=CC=CN3NC1)CC(C)(CO)O2.NC(=O)C1CC1. The van der Waals surface area contributed by atoms with Crippen LogP contribution in [0, 0.1) is 5.92 Å². The molecule has 0 bridgehead atoms. The molecule has 176 valence electrons. The minimum atomic E-state index is -0.627. The highest BCUT2D eigenvalue weighted by atomic mass is 16.5. The number of aliphatic hydroxyl groups excluding tert-OH is 1. The average Bonchev–Trinajstić information content (AvgIpc) is 3.46. The van der Waals surface area contributed by atoms with Crippen molar-refractivity contribution in [3.63, 3.8) is 0 Å². The van der Waals surface area contributed by atoms with E-state index in [9.17, 15) is 14.7 Å². The molecule has 1 saturated carbocycles. The van der Waals surface area contributed by atoms with E-state index in [1.807, 2.05) is 44.3 Å². The molecule has 0 aromatic heterocycles. The summed E-state index contributed by atoms with van der Waals surface area (Å²) < 4.78 is 5.92. The van der Waals surface area contributed by atoms with Gasteiger partial charge in [0.1, 0.15) is 11.4 Å². The lowest BCUT2D eigenvalue weighted by atomic mass is 9.99. The van der Waals surface area contributed by atoms with E-state index in [1.54, 1.807) is 17.3 Å². The van der Waals surface area contributed by atoms with Gasteiger partial charge in [-0.25, -0.2) is 10.4 Å². The second-order valence-electron chi connectivity index (χ2n) is 9.02. The number of nitrogens with two attached hydrogens (primary N) is 1. The van der Waals surface area contributed by atoms with Gasteiger partial charge in [-0.3, -0.25) is 14.6 Å². The number of hydrazine groups is 1. The Morgan fingerprint density at radius 3 is 2.76 bits per heavy atom. The summed E-state index contributed by atoms with van der Waals surface area (Å²) in [5.41, 5.74) is 10.4. The maximum atomic E-state index is 12.9. The van der Waals surface area contributed by atoms with E-state index in [1.165, 1.54) is 0 Å². The maximum Gasteiger partial charge on any atom is 0.256 e. The molecule has 1 atom stereocenters. The largest absolute Gasteiger partial charge is 0.484 e. The molecular formula is C23H30N6O4. The third-order valence-electron chi connectivity index (χ3n) is 5.86. The fourth-order valence-corrected chi connectivity index (χ4v) is 3.82. The highest BCUT2D eigenvalue weighted by molar-refractivity contribution is 6.07. The predicted molar refractivity (Wildman–Crippen MR) is 126 cm³/mol. The molecule has 1 aromatic rings. The van der Waals surface area contributed by atoms with Crippen LogP contribution in [0.2, 0.25) is 0 Å². The summed E-state index contributed by atoms with van der Waals surface area (Å²) in [4.78, 5) is 29.1. The standard InChI is InChI=1S/C19H23N5O3.C4H7NO/c1-19(11-25)9-12-7-14(15(23(2)3)8-16(12)27-19)22-18(26)13-10-21-24-6-4-5-20-17(13)24;5-4(6)3-1-2-3/h4-8,21,25H,9-11H2,1-3H3,(H,22,26);3H,1-2H2,(H2,5,6). The molecule has 2 amide bonds. The molecule has 10 heteroatoms. The zero-order valence-electron chi connectivity index (χ0n) is 19.1. The number of ether oxygens (including phenoxy) is 1. The van der Waals surface area contributed by atoms with Crippen LogP contribution < -0.4 is 26.1 Å². The van der Waals surface area contributed by atoms with E-state index in [-0.39, 0.29) is 24.3 Å². The van der Waals surface area contributed by atoms with E-state index < -0.39 is 5.60 Å². The first-order chi connectivity index (χ1) is 15.7. The van der Waals surface area contributed by atoms with Crippen LogP contribution in [0.1, 0.15) is 25.3 Å². The monoisotopic (exact) mass is 454 g/mol. The van der Waals surface area contributed by atoms with E-state index in [4.69, 9.17) is 10.5 Å². The molecular weight excluding hydrogens is 424 g/mol. The number of carbonyl (C=O) groups is 2. The zero-order valence-corrected chi connectivity index (χ0v) is 19.1. The third-order valence-corrected chi connectivity index (χ3v) is 5.86. The Bertz CT molecular complexity index is 1060. The molecule has 1 fully saturated rings. The first-order valence-electron chi connectivity index (χ1n) is 10.9. The van der Waals surface area contributed by atoms with E-state index in [0.29, 0.717) is 30.0 Å². The number of hydrogen-bond acceptors (Lipinski definition) is 8. The normalized spacial score (nSPS) is 22.2. The number of benzene rings is 1. The van der Waals surface area contributed by atoms with Gasteiger partial charge in [-0.1, -0.05) is 0 Å². The Kier molecular flexibility index (Phi) is 6.13. The summed E-state index contributed by atoms with van der Waals surface area (Å²) in [6.45, 7) is 2.22. The van der Waals surface area contributed by atoms with Gasteiger partial charge in [-0.2, -0.15) is 0 Å². The maximum absolute atomic E-state index is 12.9. The first-order valence-corrected chi connectivity index (χ1v) is 10.9. The van der Waals surface area contributed by atoms with Crippen LogP contribution >= 0.6 is 0 Å². The molecule has 1 aliphatic carbocycles. The molecule has 1 unspecified atom stereocenters. The Balaban J connectivity index is 0.000000376. The lowest BCUT2D eigenvalue weighted by Gasteiger charge is -2.21. The lowest BCUT2D eigenvalue weighted by Crippen LogP contribution is -2.34. The highest BCUT2D eigenvalue weighted by Crippen LogP contribution is 2.41. The van der Waals surface area contributed by atoms with Gasteiger partial charge in [0.2, 0.25) is 5.91 Å². The fraction of sp³-hybridized carbons (Fsp3) is 0.435. The number of carbonyl (C=O) groups excluding carboxylic acids is 2. The van der Waals surface area contributed by atoms with Crippen molar-refractivity contribution in [1.82, 2.24) is 10.4 Å². The van der Waals surface area contributed by atoms with E-state index >= 15 is 0 Å². The summed E-state index contributed by atoms with van der Waals surface area (Å²) in [7, 11) is 3.82. The number of fused-ring (bicyclic) bond motifs is 2. The molecule has 0 saturated heterocycles. The second kappa shape index (κ2) is 8.87. The molecule has 33 heavy (non-hydrogen) atoms. The molecule has 3 aliphatic heterocycles. The number of nitrogens with one attached hydrogen (secondary N) is 2. The zero-order chi connectivity index (χ0) is 23.8. The van der Waals surface area contributed by atoms with Crippen LogP contribution in [0.5, 0.6) is 5.75 Å². The van der Waals surface area contributed by atoms with Crippen LogP contribution in [-0.4, -0.2) is 61.0 Å². The number of aliphatic hydroxyl groups is 1. The number of aliphatic imine (C=N–C) groups is 1. The third kappa shape index (κ3) is 4.86. The van der Waals surface area contributed by atoms with Gasteiger partial charge in [0.05, 0.1) is 23.6 Å². The molecule has 10 nitrogen and oxygen atoms in total. The average molecular weight is 455 g/mol. The topological polar surface area (TPSA) is 133 Å². The van der Waals surface area contributed by atoms with Crippen LogP contribution in [0.15, 0.2) is 40.8 Å². The minimum absolute atomic E-state index is 0.0655. The Labute approximate surface area is 192 Å². The van der Waals surface area contributed by atoms with Crippen molar-refractivity contribution in [3.8, 4) is 5.75 Å². The van der Waals surface area contributed by atoms with Gasteiger partial charge in [0, 0.05) is 57.0 Å². The van der Waals surface area contributed by atoms with Crippen LogP contribution in [-0.2, 0) is 16.0 Å². The van der Waals surface area contributed by atoms with Gasteiger partial charge < -0.3 is 25.8 Å². The van der Waals surface area contributed by atoms with Crippen molar-refractivity contribution in [3.05, 3.63) is 41.4 Å². The summed E-state index contributed by atoms with van der Waals surface area (Å²) in [6, 6.07) is 3.84. The highest BCUT2D eigenvalue weighted by Gasteiger charge is 2.35. The van der Waals surface area contributed by atoms with Gasteiger partial charge in [0.15, 0.2) is 5.82 Å². The molecule has 5 N–H and O–H groups in total. The predicted octanol–water partition coefficient (Wildman–Crippen LogP) is 0.889.